The van der Waals surface area contributed by atoms with Crippen LogP contribution >= 0.6 is 0 Å². The summed E-state index contributed by atoms with van der Waals surface area (Å²) in [5.41, 5.74) is 8.58. The van der Waals surface area contributed by atoms with Crippen molar-refractivity contribution in [3.8, 4) is 0 Å². The van der Waals surface area contributed by atoms with E-state index < -0.39 is 0 Å². The van der Waals surface area contributed by atoms with Gasteiger partial charge in [-0.2, -0.15) is 0 Å². The Labute approximate surface area is 228 Å². The van der Waals surface area contributed by atoms with Crippen molar-refractivity contribution in [3.63, 3.8) is 0 Å². The molecule has 1 amide bonds. The highest BCUT2D eigenvalue weighted by molar-refractivity contribution is 5.95. The van der Waals surface area contributed by atoms with E-state index >= 15 is 0 Å². The number of carbonyl (C=O) groups excluding carboxylic acids is 1. The second-order valence-electron chi connectivity index (χ2n) is 11.0. The summed E-state index contributed by atoms with van der Waals surface area (Å²) < 4.78 is 0. The molecule has 0 aliphatic carbocycles. The van der Waals surface area contributed by atoms with Gasteiger partial charge in [0.05, 0.1) is 0 Å². The van der Waals surface area contributed by atoms with E-state index in [-0.39, 0.29) is 5.91 Å². The van der Waals surface area contributed by atoms with Crippen molar-refractivity contribution in [2.45, 2.75) is 58.0 Å². The van der Waals surface area contributed by atoms with Gasteiger partial charge in [0.2, 0.25) is 0 Å². The van der Waals surface area contributed by atoms with E-state index in [1.807, 2.05) is 30.9 Å². The first-order valence-electron chi connectivity index (χ1n) is 14.1. The molecule has 2 heterocycles. The minimum atomic E-state index is 0.0701. The molecule has 0 spiro atoms. The molecule has 0 aromatic heterocycles. The number of nitrogens with zero attached hydrogens (tertiary/aromatic N) is 2. The van der Waals surface area contributed by atoms with Crippen LogP contribution in [-0.2, 0) is 6.42 Å². The van der Waals surface area contributed by atoms with Crippen molar-refractivity contribution in [1.29, 1.82) is 0 Å². The Morgan fingerprint density at radius 2 is 1.39 bits per heavy atom. The third-order valence-corrected chi connectivity index (χ3v) is 8.20. The van der Waals surface area contributed by atoms with E-state index in [9.17, 15) is 4.79 Å². The molecule has 38 heavy (non-hydrogen) atoms. The Balaban J connectivity index is 1.40. The number of carbonyl (C=O) groups is 1. The van der Waals surface area contributed by atoms with Gasteiger partial charge in [-0.3, -0.25) is 9.69 Å². The molecule has 2 aliphatic heterocycles. The van der Waals surface area contributed by atoms with Gasteiger partial charge >= 0.3 is 0 Å². The van der Waals surface area contributed by atoms with Crippen LogP contribution in [0.2, 0.25) is 0 Å². The topological polar surface area (TPSA) is 23.6 Å². The molecule has 196 valence electrons. The van der Waals surface area contributed by atoms with E-state index in [4.69, 9.17) is 0 Å². The van der Waals surface area contributed by atoms with Crippen molar-refractivity contribution in [2.75, 3.05) is 19.6 Å². The Hall–Kier alpha value is -3.43. The van der Waals surface area contributed by atoms with E-state index in [2.05, 4.69) is 84.3 Å². The molecule has 2 fully saturated rings. The number of rotatable bonds is 9. The van der Waals surface area contributed by atoms with Crippen molar-refractivity contribution in [2.24, 2.45) is 0 Å². The maximum atomic E-state index is 13.1. The summed E-state index contributed by atoms with van der Waals surface area (Å²) in [6.45, 7) is 10.4. The van der Waals surface area contributed by atoms with Crippen LogP contribution in [-0.4, -0.2) is 47.4 Å². The standard InChI is InChI=1S/C35H40N2O/c1-4-36(25-26(2)3)35(38)30-17-15-29(16-18-30)34(28-13-9-6-10-14-28)31-23-32-19-20-33(24-31)37(32)22-21-27-11-7-5-8-12-27/h5-18,32-33H,2,4,19-25H2,1,3H3. The number of piperidine rings is 1. The molecule has 5 rings (SSSR count). The Morgan fingerprint density at radius 3 is 1.97 bits per heavy atom. The third-order valence-electron chi connectivity index (χ3n) is 8.20. The number of likely N-dealkylation sites (N-methyl/N-ethyl adjacent to an activating group) is 1. The highest BCUT2D eigenvalue weighted by Gasteiger charge is 2.39. The molecule has 0 saturated carbocycles. The first-order valence-corrected chi connectivity index (χ1v) is 14.1. The van der Waals surface area contributed by atoms with Gasteiger partial charge in [-0.1, -0.05) is 90.5 Å². The number of hydrogen-bond donors (Lipinski definition) is 0. The lowest BCUT2D eigenvalue weighted by Gasteiger charge is -2.37. The third kappa shape index (κ3) is 5.84. The molecule has 2 aliphatic rings. The first-order chi connectivity index (χ1) is 18.5. The average Bonchev–Trinajstić information content (AvgIpc) is 3.18. The number of amides is 1. The summed E-state index contributed by atoms with van der Waals surface area (Å²) in [6, 6.07) is 31.3. The Kier molecular flexibility index (Phi) is 8.24. The lowest BCUT2D eigenvalue weighted by Crippen LogP contribution is -2.41. The molecule has 3 aromatic carbocycles. The molecular weight excluding hydrogens is 464 g/mol. The second kappa shape index (κ2) is 12.0. The predicted octanol–water partition coefficient (Wildman–Crippen LogP) is 7.40. The summed E-state index contributed by atoms with van der Waals surface area (Å²) in [5, 5.41) is 0. The van der Waals surface area contributed by atoms with Gasteiger partial charge in [-0.05, 0) is 80.3 Å². The van der Waals surface area contributed by atoms with Gasteiger partial charge < -0.3 is 4.90 Å². The average molecular weight is 505 g/mol. The molecule has 0 N–H and O–H groups in total. The van der Waals surface area contributed by atoms with E-state index in [1.54, 1.807) is 5.57 Å². The van der Waals surface area contributed by atoms with Crippen LogP contribution in [0, 0.1) is 0 Å². The fraction of sp³-hybridized carbons (Fsp3) is 0.343. The first kappa shape index (κ1) is 26.2. The monoisotopic (exact) mass is 504 g/mol. The molecule has 0 radical (unpaired) electrons. The van der Waals surface area contributed by atoms with Crippen LogP contribution in [0.5, 0.6) is 0 Å². The zero-order valence-electron chi connectivity index (χ0n) is 22.9. The van der Waals surface area contributed by atoms with Crippen LogP contribution in [0.25, 0.3) is 5.57 Å². The Morgan fingerprint density at radius 1 is 0.842 bits per heavy atom. The predicted molar refractivity (Wildman–Crippen MR) is 158 cm³/mol. The van der Waals surface area contributed by atoms with Gasteiger partial charge in [-0.15, -0.1) is 0 Å². The summed E-state index contributed by atoms with van der Waals surface area (Å²) in [4.78, 5) is 17.8. The molecule has 2 atom stereocenters. The Bertz CT molecular complexity index is 1260. The quantitative estimate of drug-likeness (QED) is 0.284. The number of hydrogen-bond acceptors (Lipinski definition) is 2. The SMILES string of the molecule is C=C(C)CN(CC)C(=O)c1ccc(C(=C2CC3CCC(C2)N3CCc2ccccc2)c2ccccc2)cc1. The molecule has 2 bridgehead atoms. The number of benzene rings is 3. The van der Waals surface area contributed by atoms with Crippen LogP contribution in [0.4, 0.5) is 0 Å². The van der Waals surface area contributed by atoms with Crippen LogP contribution in [0.3, 0.4) is 0 Å². The molecule has 3 heteroatoms. The fourth-order valence-corrected chi connectivity index (χ4v) is 6.37. The molecule has 2 unspecified atom stereocenters. The van der Waals surface area contributed by atoms with Gasteiger partial charge in [0, 0.05) is 37.3 Å². The van der Waals surface area contributed by atoms with Crippen LogP contribution in [0.1, 0.15) is 66.6 Å². The highest BCUT2D eigenvalue weighted by Crippen LogP contribution is 2.43. The van der Waals surface area contributed by atoms with E-state index in [0.29, 0.717) is 25.2 Å². The molecular formula is C35H40N2O. The van der Waals surface area contributed by atoms with Crippen LogP contribution in [0.15, 0.2) is 103 Å². The minimum Gasteiger partial charge on any atom is -0.335 e. The van der Waals surface area contributed by atoms with Crippen molar-refractivity contribution >= 4 is 11.5 Å². The normalized spacial score (nSPS) is 18.8. The lowest BCUT2D eigenvalue weighted by atomic mass is 9.85. The largest absolute Gasteiger partial charge is 0.335 e. The summed E-state index contributed by atoms with van der Waals surface area (Å²) in [6.07, 6.45) is 5.94. The second-order valence-corrected chi connectivity index (χ2v) is 11.0. The fourth-order valence-electron chi connectivity index (χ4n) is 6.37. The van der Waals surface area contributed by atoms with E-state index in [1.165, 1.54) is 35.1 Å². The maximum Gasteiger partial charge on any atom is 0.254 e. The van der Waals surface area contributed by atoms with Gasteiger partial charge in [0.1, 0.15) is 0 Å². The summed E-state index contributed by atoms with van der Waals surface area (Å²) in [7, 11) is 0. The molecule has 3 nitrogen and oxygen atoms in total. The molecule has 2 saturated heterocycles. The van der Waals surface area contributed by atoms with E-state index in [0.717, 1.165) is 36.9 Å². The van der Waals surface area contributed by atoms with Crippen molar-refractivity contribution < 1.29 is 4.79 Å². The van der Waals surface area contributed by atoms with Crippen molar-refractivity contribution in [1.82, 2.24) is 9.80 Å². The summed E-state index contributed by atoms with van der Waals surface area (Å²) in [5.74, 6) is 0.0701. The minimum absolute atomic E-state index is 0.0701. The highest BCUT2D eigenvalue weighted by atomic mass is 16.2. The lowest BCUT2D eigenvalue weighted by molar-refractivity contribution is 0.0778. The van der Waals surface area contributed by atoms with Crippen molar-refractivity contribution in [3.05, 3.63) is 125 Å². The zero-order valence-corrected chi connectivity index (χ0v) is 22.9. The van der Waals surface area contributed by atoms with Gasteiger partial charge in [0.15, 0.2) is 0 Å². The van der Waals surface area contributed by atoms with Gasteiger partial charge in [-0.25, -0.2) is 0 Å². The zero-order chi connectivity index (χ0) is 26.5. The van der Waals surface area contributed by atoms with Crippen LogP contribution < -0.4 is 0 Å². The maximum absolute atomic E-state index is 13.1. The van der Waals surface area contributed by atoms with Gasteiger partial charge in [0.25, 0.3) is 5.91 Å². The summed E-state index contributed by atoms with van der Waals surface area (Å²) >= 11 is 0. The smallest absolute Gasteiger partial charge is 0.254 e. The number of fused-ring (bicyclic) bond motifs is 2. The molecule has 3 aromatic rings.